The van der Waals surface area contributed by atoms with Gasteiger partial charge in [-0.15, -0.1) is 0 Å². The normalized spacial score (nSPS) is 19.1. The van der Waals surface area contributed by atoms with Crippen LogP contribution in [0.15, 0.2) is 12.3 Å². The van der Waals surface area contributed by atoms with Crippen molar-refractivity contribution in [2.45, 2.75) is 51.2 Å². The highest BCUT2D eigenvalue weighted by molar-refractivity contribution is 5.00. The van der Waals surface area contributed by atoms with E-state index in [9.17, 15) is 0 Å². The predicted molar refractivity (Wildman–Crippen MR) is 69.7 cm³/mol. The van der Waals surface area contributed by atoms with Crippen LogP contribution in [0, 0.1) is 0 Å². The van der Waals surface area contributed by atoms with Gasteiger partial charge in [0, 0.05) is 25.3 Å². The monoisotopic (exact) mass is 236 g/mol. The van der Waals surface area contributed by atoms with Gasteiger partial charge < -0.3 is 5.73 Å². The highest BCUT2D eigenvalue weighted by Crippen LogP contribution is 2.28. The average molecular weight is 236 g/mol. The molecule has 0 radical (unpaired) electrons. The topological polar surface area (TPSA) is 47.1 Å². The van der Waals surface area contributed by atoms with Crippen molar-refractivity contribution in [2.24, 2.45) is 5.73 Å². The van der Waals surface area contributed by atoms with E-state index in [2.05, 4.69) is 34.0 Å². The lowest BCUT2D eigenvalue weighted by Crippen LogP contribution is -2.32. The third kappa shape index (κ3) is 3.54. The number of aromatic nitrogens is 2. The van der Waals surface area contributed by atoms with Crippen LogP contribution in [0.4, 0.5) is 0 Å². The number of likely N-dealkylation sites (N-methyl/N-ethyl adjacent to an activating group) is 1. The van der Waals surface area contributed by atoms with Crippen molar-refractivity contribution < 1.29 is 0 Å². The van der Waals surface area contributed by atoms with E-state index in [1.807, 2.05) is 6.92 Å². The molecule has 0 spiro atoms. The van der Waals surface area contributed by atoms with Crippen LogP contribution in [0.25, 0.3) is 0 Å². The average Bonchev–Trinajstić information content (AvgIpc) is 2.84. The first-order valence-electron chi connectivity index (χ1n) is 6.63. The maximum Gasteiger partial charge on any atom is 0.0764 e. The minimum atomic E-state index is 0.219. The summed E-state index contributed by atoms with van der Waals surface area (Å²) in [6, 6.07) is 3.00. The van der Waals surface area contributed by atoms with Crippen LogP contribution < -0.4 is 5.73 Å². The lowest BCUT2D eigenvalue weighted by Gasteiger charge is -2.17. The van der Waals surface area contributed by atoms with Crippen LogP contribution in [0.3, 0.4) is 0 Å². The fourth-order valence-electron chi connectivity index (χ4n) is 2.67. The SMILES string of the molecule is CC(N)CN(C)Cc1ccn(C2CCCC2)n1. The zero-order valence-corrected chi connectivity index (χ0v) is 11.0. The summed E-state index contributed by atoms with van der Waals surface area (Å²) in [6.07, 6.45) is 7.41. The molecule has 1 atom stereocenters. The van der Waals surface area contributed by atoms with Crippen LogP contribution in [-0.2, 0) is 6.54 Å². The maximum absolute atomic E-state index is 5.78. The van der Waals surface area contributed by atoms with E-state index in [1.54, 1.807) is 0 Å². The van der Waals surface area contributed by atoms with Gasteiger partial charge in [0.25, 0.3) is 0 Å². The summed E-state index contributed by atoms with van der Waals surface area (Å²) >= 11 is 0. The highest BCUT2D eigenvalue weighted by Gasteiger charge is 2.17. The van der Waals surface area contributed by atoms with E-state index in [-0.39, 0.29) is 6.04 Å². The van der Waals surface area contributed by atoms with Gasteiger partial charge in [0.05, 0.1) is 11.7 Å². The van der Waals surface area contributed by atoms with Crippen molar-refractivity contribution in [3.05, 3.63) is 18.0 Å². The number of hydrogen-bond donors (Lipinski definition) is 1. The van der Waals surface area contributed by atoms with Crippen LogP contribution >= 0.6 is 0 Å². The Bertz CT molecular complexity index is 339. The van der Waals surface area contributed by atoms with E-state index in [0.717, 1.165) is 18.8 Å². The van der Waals surface area contributed by atoms with Crippen LogP contribution in [0.1, 0.15) is 44.3 Å². The molecule has 0 bridgehead atoms. The van der Waals surface area contributed by atoms with Crippen molar-refractivity contribution in [1.82, 2.24) is 14.7 Å². The van der Waals surface area contributed by atoms with Crippen LogP contribution in [-0.4, -0.2) is 34.3 Å². The minimum Gasteiger partial charge on any atom is -0.327 e. The molecule has 1 saturated carbocycles. The van der Waals surface area contributed by atoms with Gasteiger partial charge in [0.15, 0.2) is 0 Å². The molecule has 4 nitrogen and oxygen atoms in total. The summed E-state index contributed by atoms with van der Waals surface area (Å²) in [5.41, 5.74) is 6.94. The Labute approximate surface area is 104 Å². The highest BCUT2D eigenvalue weighted by atomic mass is 15.3. The molecule has 1 unspecified atom stereocenters. The van der Waals surface area contributed by atoms with Crippen molar-refractivity contribution in [3.63, 3.8) is 0 Å². The summed E-state index contributed by atoms with van der Waals surface area (Å²) in [7, 11) is 2.10. The first-order chi connectivity index (χ1) is 8.15. The first kappa shape index (κ1) is 12.6. The second-order valence-corrected chi connectivity index (χ2v) is 5.40. The van der Waals surface area contributed by atoms with Gasteiger partial charge in [0.1, 0.15) is 0 Å². The van der Waals surface area contributed by atoms with E-state index in [1.165, 1.54) is 25.7 Å². The summed E-state index contributed by atoms with van der Waals surface area (Å²) < 4.78 is 2.15. The molecular formula is C13H24N4. The van der Waals surface area contributed by atoms with Crippen LogP contribution in [0.5, 0.6) is 0 Å². The fourth-order valence-corrected chi connectivity index (χ4v) is 2.67. The molecular weight excluding hydrogens is 212 g/mol. The molecule has 4 heteroatoms. The summed E-state index contributed by atoms with van der Waals surface area (Å²) in [6.45, 7) is 3.84. The standard InChI is InChI=1S/C13H24N4/c1-11(14)9-16(2)10-12-7-8-17(15-12)13-5-3-4-6-13/h7-8,11,13H,3-6,9-10,14H2,1-2H3. The summed E-state index contributed by atoms with van der Waals surface area (Å²) in [5.74, 6) is 0. The molecule has 1 aliphatic carbocycles. The number of rotatable bonds is 5. The van der Waals surface area contributed by atoms with E-state index >= 15 is 0 Å². The van der Waals surface area contributed by atoms with Gasteiger partial charge >= 0.3 is 0 Å². The van der Waals surface area contributed by atoms with E-state index in [0.29, 0.717) is 6.04 Å². The molecule has 2 N–H and O–H groups in total. The lowest BCUT2D eigenvalue weighted by molar-refractivity contribution is 0.304. The fraction of sp³-hybridized carbons (Fsp3) is 0.769. The molecule has 1 aromatic rings. The Balaban J connectivity index is 1.89. The number of hydrogen-bond acceptors (Lipinski definition) is 3. The molecule has 1 aliphatic rings. The molecule has 2 rings (SSSR count). The van der Waals surface area contributed by atoms with Gasteiger partial charge in [-0.05, 0) is 32.9 Å². The minimum absolute atomic E-state index is 0.219. The Morgan fingerprint density at radius 3 is 2.88 bits per heavy atom. The number of nitrogens with zero attached hydrogens (tertiary/aromatic N) is 3. The Morgan fingerprint density at radius 2 is 2.24 bits per heavy atom. The smallest absolute Gasteiger partial charge is 0.0764 e. The maximum atomic E-state index is 5.78. The Kier molecular flexibility index (Phi) is 4.18. The first-order valence-corrected chi connectivity index (χ1v) is 6.63. The largest absolute Gasteiger partial charge is 0.327 e. The van der Waals surface area contributed by atoms with Gasteiger partial charge in [-0.25, -0.2) is 0 Å². The van der Waals surface area contributed by atoms with Crippen LogP contribution in [0.2, 0.25) is 0 Å². The van der Waals surface area contributed by atoms with Crippen molar-refractivity contribution >= 4 is 0 Å². The van der Waals surface area contributed by atoms with Crippen molar-refractivity contribution in [3.8, 4) is 0 Å². The Morgan fingerprint density at radius 1 is 1.53 bits per heavy atom. The van der Waals surface area contributed by atoms with Crippen molar-refractivity contribution in [1.29, 1.82) is 0 Å². The second-order valence-electron chi connectivity index (χ2n) is 5.40. The third-order valence-corrected chi connectivity index (χ3v) is 3.39. The lowest BCUT2D eigenvalue weighted by atomic mass is 10.3. The summed E-state index contributed by atoms with van der Waals surface area (Å²) in [4.78, 5) is 2.23. The molecule has 1 heterocycles. The van der Waals surface area contributed by atoms with Gasteiger partial charge in [-0.3, -0.25) is 9.58 Å². The molecule has 0 amide bonds. The predicted octanol–water partition coefficient (Wildman–Crippen LogP) is 1.78. The third-order valence-electron chi connectivity index (χ3n) is 3.39. The quantitative estimate of drug-likeness (QED) is 0.847. The molecule has 0 aliphatic heterocycles. The molecule has 0 aromatic carbocycles. The Hall–Kier alpha value is -0.870. The second kappa shape index (κ2) is 5.65. The van der Waals surface area contributed by atoms with Gasteiger partial charge in [0.2, 0.25) is 0 Å². The molecule has 17 heavy (non-hydrogen) atoms. The number of nitrogens with two attached hydrogens (primary N) is 1. The summed E-state index contributed by atoms with van der Waals surface area (Å²) in [5, 5.41) is 4.67. The molecule has 96 valence electrons. The molecule has 0 saturated heterocycles. The van der Waals surface area contributed by atoms with E-state index < -0.39 is 0 Å². The molecule has 1 fully saturated rings. The van der Waals surface area contributed by atoms with E-state index in [4.69, 9.17) is 5.73 Å². The zero-order chi connectivity index (χ0) is 12.3. The van der Waals surface area contributed by atoms with Crippen molar-refractivity contribution in [2.75, 3.05) is 13.6 Å². The molecule has 1 aromatic heterocycles. The van der Waals surface area contributed by atoms with Gasteiger partial charge in [-0.1, -0.05) is 12.8 Å². The van der Waals surface area contributed by atoms with Gasteiger partial charge in [-0.2, -0.15) is 5.10 Å². The zero-order valence-electron chi connectivity index (χ0n) is 11.0.